The third kappa shape index (κ3) is 5.00. The molecular weight excluding hydrogens is 376 g/mol. The number of ether oxygens (including phenoxy) is 1. The highest BCUT2D eigenvalue weighted by atomic mass is 19.1. The Morgan fingerprint density at radius 1 is 1.14 bits per heavy atom. The Balaban J connectivity index is 1.42. The first-order valence-electron chi connectivity index (χ1n) is 10.1. The monoisotopic (exact) mass is 403 g/mol. The van der Waals surface area contributed by atoms with Crippen molar-refractivity contribution in [1.82, 2.24) is 14.9 Å². The Bertz CT molecular complexity index is 810. The summed E-state index contributed by atoms with van der Waals surface area (Å²) in [4.78, 5) is 15.8. The second-order valence-electron chi connectivity index (χ2n) is 7.73. The lowest BCUT2D eigenvalue weighted by Crippen LogP contribution is -2.47. The molecule has 0 spiro atoms. The summed E-state index contributed by atoms with van der Waals surface area (Å²) < 4.78 is 32.4. The maximum atomic E-state index is 13.5. The summed E-state index contributed by atoms with van der Waals surface area (Å²) in [5, 5.41) is 0. The van der Waals surface area contributed by atoms with Gasteiger partial charge in [-0.3, -0.25) is 4.90 Å². The first kappa shape index (κ1) is 20.0. The Morgan fingerprint density at radius 3 is 2.66 bits per heavy atom. The lowest BCUT2D eigenvalue weighted by Gasteiger charge is -2.38. The first-order valence-corrected chi connectivity index (χ1v) is 10.1. The van der Waals surface area contributed by atoms with Gasteiger partial charge in [-0.1, -0.05) is 0 Å². The SMILES string of the molecule is CN(c1nccc(N2CCOCC2)n1)C1CCCN(Cc2cc(F)cc(F)c2)C1. The van der Waals surface area contributed by atoms with Gasteiger partial charge in [-0.05, 0) is 43.1 Å². The largest absolute Gasteiger partial charge is 0.378 e. The van der Waals surface area contributed by atoms with Crippen molar-refractivity contribution in [1.29, 1.82) is 0 Å². The van der Waals surface area contributed by atoms with Crippen LogP contribution < -0.4 is 9.80 Å². The standard InChI is InChI=1S/C21H27F2N5O/c1-26(21-24-5-4-20(25-21)28-7-9-29-10-8-28)19-3-2-6-27(15-19)14-16-11-17(22)13-18(23)12-16/h4-5,11-13,19H,2-3,6-10,14-15H2,1H3. The van der Waals surface area contributed by atoms with E-state index in [1.54, 1.807) is 6.20 Å². The zero-order chi connectivity index (χ0) is 20.2. The van der Waals surface area contributed by atoms with Crippen molar-refractivity contribution in [2.75, 3.05) is 56.2 Å². The Hall–Kier alpha value is -2.32. The topological polar surface area (TPSA) is 44.7 Å². The van der Waals surface area contributed by atoms with Crippen LogP contribution in [0.5, 0.6) is 0 Å². The number of likely N-dealkylation sites (tertiary alicyclic amines) is 1. The molecule has 0 radical (unpaired) electrons. The van der Waals surface area contributed by atoms with Crippen LogP contribution >= 0.6 is 0 Å². The van der Waals surface area contributed by atoms with Crippen molar-refractivity contribution < 1.29 is 13.5 Å². The minimum absolute atomic E-state index is 0.252. The van der Waals surface area contributed by atoms with Gasteiger partial charge >= 0.3 is 0 Å². The average Bonchev–Trinajstić information content (AvgIpc) is 2.73. The molecule has 2 aliphatic heterocycles. The molecule has 0 bridgehead atoms. The fourth-order valence-corrected chi connectivity index (χ4v) is 4.09. The highest BCUT2D eigenvalue weighted by Gasteiger charge is 2.25. The van der Waals surface area contributed by atoms with E-state index in [4.69, 9.17) is 9.72 Å². The summed E-state index contributed by atoms with van der Waals surface area (Å²) in [6.07, 6.45) is 3.87. The van der Waals surface area contributed by atoms with Crippen LogP contribution in [0.2, 0.25) is 0 Å². The molecule has 2 aromatic rings. The average molecular weight is 403 g/mol. The van der Waals surface area contributed by atoms with E-state index in [2.05, 4.69) is 19.7 Å². The van der Waals surface area contributed by atoms with Gasteiger partial charge in [-0.25, -0.2) is 13.8 Å². The van der Waals surface area contributed by atoms with E-state index in [0.717, 1.165) is 50.9 Å². The summed E-state index contributed by atoms with van der Waals surface area (Å²) in [6.45, 7) is 5.36. The Kier molecular flexibility index (Phi) is 6.20. The molecule has 1 aromatic carbocycles. The Labute approximate surface area is 170 Å². The van der Waals surface area contributed by atoms with Gasteiger partial charge in [0.15, 0.2) is 0 Å². The molecule has 4 rings (SSSR count). The number of nitrogens with zero attached hydrogens (tertiary/aromatic N) is 5. The second kappa shape index (κ2) is 9.00. The van der Waals surface area contributed by atoms with E-state index in [-0.39, 0.29) is 6.04 Å². The maximum Gasteiger partial charge on any atom is 0.227 e. The van der Waals surface area contributed by atoms with Crippen LogP contribution in [0.4, 0.5) is 20.5 Å². The number of halogens is 2. The van der Waals surface area contributed by atoms with Gasteiger partial charge in [0, 0.05) is 51.5 Å². The number of rotatable bonds is 5. The minimum Gasteiger partial charge on any atom is -0.378 e. The molecule has 1 unspecified atom stereocenters. The van der Waals surface area contributed by atoms with E-state index in [9.17, 15) is 8.78 Å². The van der Waals surface area contributed by atoms with E-state index < -0.39 is 11.6 Å². The molecule has 2 fully saturated rings. The fourth-order valence-electron chi connectivity index (χ4n) is 4.09. The molecule has 8 heteroatoms. The molecule has 156 valence electrons. The van der Waals surface area contributed by atoms with Crippen LogP contribution in [0.25, 0.3) is 0 Å². The van der Waals surface area contributed by atoms with Gasteiger partial charge in [0.1, 0.15) is 17.5 Å². The molecule has 0 amide bonds. The summed E-state index contributed by atoms with van der Waals surface area (Å²) in [5.41, 5.74) is 0.663. The number of morpholine rings is 1. The molecule has 1 atom stereocenters. The number of hydrogen-bond acceptors (Lipinski definition) is 6. The zero-order valence-corrected chi connectivity index (χ0v) is 16.7. The Morgan fingerprint density at radius 2 is 1.90 bits per heavy atom. The van der Waals surface area contributed by atoms with Gasteiger partial charge in [0.25, 0.3) is 0 Å². The smallest absolute Gasteiger partial charge is 0.227 e. The van der Waals surface area contributed by atoms with Crippen LogP contribution in [0.3, 0.4) is 0 Å². The highest BCUT2D eigenvalue weighted by molar-refractivity contribution is 5.44. The first-order chi connectivity index (χ1) is 14.1. The van der Waals surface area contributed by atoms with Crippen molar-refractivity contribution in [2.45, 2.75) is 25.4 Å². The second-order valence-corrected chi connectivity index (χ2v) is 7.73. The predicted octanol–water partition coefficient (Wildman–Crippen LogP) is 2.69. The maximum absolute atomic E-state index is 13.5. The molecule has 2 saturated heterocycles. The van der Waals surface area contributed by atoms with Crippen molar-refractivity contribution in [3.05, 3.63) is 47.7 Å². The lowest BCUT2D eigenvalue weighted by molar-refractivity contribution is 0.122. The number of likely N-dealkylation sites (N-methyl/N-ethyl adjacent to an activating group) is 1. The van der Waals surface area contributed by atoms with Crippen LogP contribution in [0.15, 0.2) is 30.5 Å². The number of hydrogen-bond donors (Lipinski definition) is 0. The van der Waals surface area contributed by atoms with E-state index >= 15 is 0 Å². The molecule has 3 heterocycles. The van der Waals surface area contributed by atoms with Crippen LogP contribution in [-0.2, 0) is 11.3 Å². The van der Waals surface area contributed by atoms with Crippen LogP contribution in [-0.4, -0.2) is 67.4 Å². The molecule has 0 N–H and O–H groups in total. The van der Waals surface area contributed by atoms with Crippen LogP contribution in [0, 0.1) is 11.6 Å². The predicted molar refractivity (Wildman–Crippen MR) is 108 cm³/mol. The van der Waals surface area contributed by atoms with Crippen molar-refractivity contribution in [2.24, 2.45) is 0 Å². The normalized spacial score (nSPS) is 20.7. The third-order valence-corrected chi connectivity index (χ3v) is 5.64. The molecule has 0 saturated carbocycles. The highest BCUT2D eigenvalue weighted by Crippen LogP contribution is 2.22. The molecule has 0 aliphatic carbocycles. The van der Waals surface area contributed by atoms with Crippen molar-refractivity contribution >= 4 is 11.8 Å². The number of piperidine rings is 1. The summed E-state index contributed by atoms with van der Waals surface area (Å²) >= 11 is 0. The summed E-state index contributed by atoms with van der Waals surface area (Å²) in [6, 6.07) is 5.92. The lowest BCUT2D eigenvalue weighted by atomic mass is 10.0. The number of anilines is 2. The minimum atomic E-state index is -0.529. The van der Waals surface area contributed by atoms with E-state index in [1.165, 1.54) is 12.1 Å². The molecular formula is C21H27F2N5O. The quantitative estimate of drug-likeness (QED) is 0.765. The number of benzene rings is 1. The van der Waals surface area contributed by atoms with Gasteiger partial charge < -0.3 is 14.5 Å². The zero-order valence-electron chi connectivity index (χ0n) is 16.7. The van der Waals surface area contributed by atoms with Gasteiger partial charge in [-0.15, -0.1) is 0 Å². The molecule has 29 heavy (non-hydrogen) atoms. The van der Waals surface area contributed by atoms with Gasteiger partial charge in [-0.2, -0.15) is 4.98 Å². The summed E-state index contributed by atoms with van der Waals surface area (Å²) in [5.74, 6) is 0.573. The molecule has 6 nitrogen and oxygen atoms in total. The fraction of sp³-hybridized carbons (Fsp3) is 0.524. The molecule has 2 aliphatic rings. The van der Waals surface area contributed by atoms with Gasteiger partial charge in [0.05, 0.1) is 13.2 Å². The molecule has 1 aromatic heterocycles. The number of aromatic nitrogens is 2. The van der Waals surface area contributed by atoms with E-state index in [0.29, 0.717) is 31.3 Å². The van der Waals surface area contributed by atoms with Crippen molar-refractivity contribution in [3.8, 4) is 0 Å². The van der Waals surface area contributed by atoms with Gasteiger partial charge in [0.2, 0.25) is 5.95 Å². The summed E-state index contributed by atoms with van der Waals surface area (Å²) in [7, 11) is 2.02. The van der Waals surface area contributed by atoms with E-state index in [1.807, 2.05) is 13.1 Å². The van der Waals surface area contributed by atoms with Crippen molar-refractivity contribution in [3.63, 3.8) is 0 Å². The third-order valence-electron chi connectivity index (χ3n) is 5.64. The van der Waals surface area contributed by atoms with Crippen LogP contribution in [0.1, 0.15) is 18.4 Å².